The van der Waals surface area contributed by atoms with Crippen LogP contribution in [0.15, 0.2) is 103 Å². The topological polar surface area (TPSA) is 132 Å². The predicted molar refractivity (Wildman–Crippen MR) is 236 cm³/mol. The lowest BCUT2D eigenvalue weighted by molar-refractivity contribution is -0.148. The van der Waals surface area contributed by atoms with Gasteiger partial charge in [-0.15, -0.1) is 0 Å². The van der Waals surface area contributed by atoms with Crippen LogP contribution in [0.1, 0.15) is 74.9 Å². The molecule has 12 heteroatoms. The lowest BCUT2D eigenvalue weighted by atomic mass is 9.91. The molecule has 0 unspecified atom stereocenters. The molecule has 2 fully saturated rings. The number of aromatic amines is 2. The van der Waals surface area contributed by atoms with Crippen molar-refractivity contribution in [3.8, 4) is 33.6 Å². The van der Waals surface area contributed by atoms with Crippen LogP contribution in [-0.2, 0) is 19.1 Å². The van der Waals surface area contributed by atoms with Crippen LogP contribution in [0.4, 0.5) is 0 Å². The number of imidazole rings is 2. The second-order valence-corrected chi connectivity index (χ2v) is 16.8. The Morgan fingerprint density at radius 3 is 2.05 bits per heavy atom. The first kappa shape index (κ1) is 41.2. The SMILES string of the molecule is [C-]#[N+][C@H]1C[C@@H](c2ncc(-c3ccc4cc(-c5ccc(-c6cnc([C@@H]7CCCN7C(=O)[C@@H](CC(=O)OC)C(C)C)[nH]6)cc5)ccc4c3)[nH]2)N(C(=O)[C@@H](c2ccccc2)N(C)C)C1. The molecule has 8 rings (SSSR count). The highest BCUT2D eigenvalue weighted by Gasteiger charge is 2.44. The van der Waals surface area contributed by atoms with Gasteiger partial charge in [0, 0.05) is 12.1 Å². The fourth-order valence-corrected chi connectivity index (χ4v) is 9.00. The summed E-state index contributed by atoms with van der Waals surface area (Å²) < 4.78 is 4.88. The third-order valence-corrected chi connectivity index (χ3v) is 12.4. The van der Waals surface area contributed by atoms with Crippen molar-refractivity contribution in [2.24, 2.45) is 11.8 Å². The van der Waals surface area contributed by atoms with E-state index in [2.05, 4.69) is 75.5 Å². The van der Waals surface area contributed by atoms with Crippen LogP contribution in [0.3, 0.4) is 0 Å². The van der Waals surface area contributed by atoms with E-state index in [0.717, 1.165) is 68.6 Å². The zero-order valence-corrected chi connectivity index (χ0v) is 35.3. The minimum Gasteiger partial charge on any atom is -0.469 e. The van der Waals surface area contributed by atoms with Gasteiger partial charge in [0.15, 0.2) is 0 Å². The summed E-state index contributed by atoms with van der Waals surface area (Å²) in [5.74, 6) is 0.581. The maximum absolute atomic E-state index is 14.1. The van der Waals surface area contributed by atoms with Crippen molar-refractivity contribution in [1.29, 1.82) is 0 Å². The Morgan fingerprint density at radius 2 is 1.41 bits per heavy atom. The van der Waals surface area contributed by atoms with E-state index in [1.807, 2.05) is 85.4 Å². The van der Waals surface area contributed by atoms with Crippen LogP contribution in [-0.4, -0.2) is 92.8 Å². The number of benzene rings is 4. The largest absolute Gasteiger partial charge is 0.469 e. The van der Waals surface area contributed by atoms with Gasteiger partial charge in [-0.2, -0.15) is 0 Å². The van der Waals surface area contributed by atoms with Gasteiger partial charge in [0.2, 0.25) is 17.9 Å². The molecule has 2 aliphatic heterocycles. The van der Waals surface area contributed by atoms with Crippen LogP contribution in [0, 0.1) is 18.4 Å². The van der Waals surface area contributed by atoms with Crippen molar-refractivity contribution in [3.63, 3.8) is 0 Å². The summed E-state index contributed by atoms with van der Waals surface area (Å²) in [7, 11) is 5.17. The van der Waals surface area contributed by atoms with Crippen molar-refractivity contribution in [3.05, 3.63) is 132 Å². The number of H-pyrrole nitrogens is 2. The second-order valence-electron chi connectivity index (χ2n) is 16.8. The summed E-state index contributed by atoms with van der Waals surface area (Å²) in [4.78, 5) is 65.8. The first-order chi connectivity index (χ1) is 29.5. The Kier molecular flexibility index (Phi) is 11.9. The lowest BCUT2D eigenvalue weighted by Gasteiger charge is -2.31. The minimum atomic E-state index is -0.464. The summed E-state index contributed by atoms with van der Waals surface area (Å²) >= 11 is 0. The molecule has 5 atom stereocenters. The molecule has 0 spiro atoms. The number of hydrogen-bond donors (Lipinski definition) is 2. The summed E-state index contributed by atoms with van der Waals surface area (Å²) in [5.41, 5.74) is 6.82. The van der Waals surface area contributed by atoms with Gasteiger partial charge in [-0.25, -0.2) is 16.5 Å². The van der Waals surface area contributed by atoms with Crippen molar-refractivity contribution in [1.82, 2.24) is 34.6 Å². The summed E-state index contributed by atoms with van der Waals surface area (Å²) in [6.07, 6.45) is 5.94. The van der Waals surface area contributed by atoms with E-state index in [9.17, 15) is 14.4 Å². The normalized spacial score (nSPS) is 18.8. The number of aromatic nitrogens is 4. The number of nitrogens with zero attached hydrogens (tertiary/aromatic N) is 6. The van der Waals surface area contributed by atoms with Crippen LogP contribution >= 0.6 is 0 Å². The highest BCUT2D eigenvalue weighted by molar-refractivity contribution is 5.91. The van der Waals surface area contributed by atoms with E-state index in [4.69, 9.17) is 21.3 Å². The molecule has 4 aromatic carbocycles. The third-order valence-electron chi connectivity index (χ3n) is 12.4. The molecule has 61 heavy (non-hydrogen) atoms. The zero-order chi connectivity index (χ0) is 42.8. The van der Waals surface area contributed by atoms with Crippen molar-refractivity contribution < 1.29 is 19.1 Å². The first-order valence-electron chi connectivity index (χ1n) is 21.0. The van der Waals surface area contributed by atoms with E-state index >= 15 is 0 Å². The van der Waals surface area contributed by atoms with Crippen molar-refractivity contribution >= 4 is 28.6 Å². The molecule has 4 heterocycles. The Hall–Kier alpha value is -6.58. The Balaban J connectivity index is 0.959. The molecule has 2 saturated heterocycles. The maximum atomic E-state index is 14.1. The van der Waals surface area contributed by atoms with Gasteiger partial charge in [-0.05, 0) is 78.0 Å². The molecule has 0 saturated carbocycles. The average Bonchev–Trinajstić information content (AvgIpc) is 4.12. The number of hydrogen-bond acceptors (Lipinski definition) is 7. The highest BCUT2D eigenvalue weighted by Crippen LogP contribution is 2.38. The molecule has 12 nitrogen and oxygen atoms in total. The van der Waals surface area contributed by atoms with Gasteiger partial charge < -0.3 is 29.3 Å². The molecule has 312 valence electrons. The van der Waals surface area contributed by atoms with Crippen molar-refractivity contribution in [2.75, 3.05) is 34.3 Å². The Labute approximate surface area is 356 Å². The predicted octanol–water partition coefficient (Wildman–Crippen LogP) is 8.65. The van der Waals surface area contributed by atoms with Crippen LogP contribution in [0.25, 0.3) is 49.3 Å². The fourth-order valence-electron chi connectivity index (χ4n) is 9.00. The number of rotatable bonds is 12. The molecular formula is C49H52N8O4. The number of likely N-dealkylation sites (tertiary alicyclic amines) is 2. The van der Waals surface area contributed by atoms with Gasteiger partial charge >= 0.3 is 5.97 Å². The summed E-state index contributed by atoms with van der Waals surface area (Å²) in [6.45, 7) is 12.7. The van der Waals surface area contributed by atoms with Crippen molar-refractivity contribution in [2.45, 2.75) is 63.7 Å². The number of likely N-dealkylation sites (N-methyl/N-ethyl adjacent to an activating group) is 1. The fraction of sp³-hybridized carbons (Fsp3) is 0.347. The Morgan fingerprint density at radius 1 is 0.803 bits per heavy atom. The molecule has 2 aromatic heterocycles. The number of fused-ring (bicyclic) bond motifs is 1. The molecule has 0 aliphatic carbocycles. The standard InChI is InChI=1S/C49H52N8O4/c1-30(2)39(26-44(58)61-6)48(59)56-22-10-13-42(56)46-51-27-40(53-46)32-16-14-31(15-17-32)34-18-19-36-24-37(21-20-35(36)23-34)41-28-52-47(54-41)43-25-38(50-3)29-57(43)49(60)45(55(4)5)33-11-8-7-9-12-33/h7-9,11-12,14-21,23-24,27-28,30,38-39,42-43,45H,10,13,22,25-26,29H2,1-2,4-6H3,(H,51,53)(H,52,54)/t38-,39-,42-,43-,45+/m0/s1. The number of carbonyl (C=O) groups excluding carboxylic acids is 3. The van der Waals surface area contributed by atoms with Gasteiger partial charge in [0.05, 0.1) is 68.3 Å². The van der Waals surface area contributed by atoms with E-state index in [1.165, 1.54) is 7.11 Å². The molecule has 6 aromatic rings. The van der Waals surface area contributed by atoms with Gasteiger partial charge in [-0.3, -0.25) is 19.3 Å². The number of methoxy groups -OCH3 is 1. The van der Waals surface area contributed by atoms with E-state index in [-0.39, 0.29) is 48.2 Å². The van der Waals surface area contributed by atoms with Crippen LogP contribution < -0.4 is 0 Å². The third kappa shape index (κ3) is 8.43. The molecule has 2 aliphatic rings. The van der Waals surface area contributed by atoms with Gasteiger partial charge in [0.25, 0.3) is 0 Å². The van der Waals surface area contributed by atoms with E-state index in [1.54, 1.807) is 0 Å². The van der Waals surface area contributed by atoms with E-state index in [0.29, 0.717) is 25.3 Å². The second kappa shape index (κ2) is 17.6. The average molecular weight is 817 g/mol. The lowest BCUT2D eigenvalue weighted by Crippen LogP contribution is -2.41. The molecule has 0 radical (unpaired) electrons. The summed E-state index contributed by atoms with van der Waals surface area (Å²) in [6, 6.07) is 29.7. The van der Waals surface area contributed by atoms with Gasteiger partial charge in [-0.1, -0.05) is 92.7 Å². The Bertz CT molecular complexity index is 2570. The number of amides is 2. The zero-order valence-electron chi connectivity index (χ0n) is 35.3. The summed E-state index contributed by atoms with van der Waals surface area (Å²) in [5, 5.41) is 2.19. The number of nitrogens with one attached hydrogen (secondary N) is 2. The molecule has 2 N–H and O–H groups in total. The van der Waals surface area contributed by atoms with Gasteiger partial charge in [0.1, 0.15) is 17.7 Å². The van der Waals surface area contributed by atoms with Crippen LogP contribution in [0.5, 0.6) is 0 Å². The maximum Gasteiger partial charge on any atom is 0.306 e. The quantitative estimate of drug-likeness (QED) is 0.0934. The molecule has 2 amide bonds. The number of esters is 1. The number of ether oxygens (including phenoxy) is 1. The van der Waals surface area contributed by atoms with Crippen LogP contribution in [0.2, 0.25) is 0 Å². The smallest absolute Gasteiger partial charge is 0.306 e. The monoisotopic (exact) mass is 816 g/mol. The first-order valence-corrected chi connectivity index (χ1v) is 21.0. The number of carbonyl (C=O) groups is 3. The minimum absolute atomic E-state index is 0.00647. The molecule has 0 bridgehead atoms. The van der Waals surface area contributed by atoms with E-state index < -0.39 is 12.0 Å². The molecular weight excluding hydrogens is 765 g/mol. The highest BCUT2D eigenvalue weighted by atomic mass is 16.5.